The number of carbonyl (C=O) groups excluding carboxylic acids is 1. The molecule has 1 N–H and O–H groups in total. The van der Waals surface area contributed by atoms with Crippen LogP contribution in [0.15, 0.2) is 39.9 Å². The van der Waals surface area contributed by atoms with Crippen molar-refractivity contribution in [1.29, 1.82) is 0 Å². The lowest BCUT2D eigenvalue weighted by Gasteiger charge is -2.30. The van der Waals surface area contributed by atoms with Gasteiger partial charge in [-0.2, -0.15) is 5.10 Å². The molecule has 3 heterocycles. The monoisotopic (exact) mass is 418 g/mol. The number of carbonyl (C=O) groups is 1. The number of aryl methyl sites for hydroxylation is 1. The van der Waals surface area contributed by atoms with Crippen LogP contribution in [0.25, 0.3) is 0 Å². The molecule has 1 aromatic heterocycles. The van der Waals surface area contributed by atoms with E-state index in [0.717, 1.165) is 11.5 Å². The van der Waals surface area contributed by atoms with Crippen LogP contribution < -0.4 is 9.80 Å². The van der Waals surface area contributed by atoms with Gasteiger partial charge >= 0.3 is 6.09 Å². The van der Waals surface area contributed by atoms with Crippen LogP contribution in [0, 0.1) is 12.7 Å². The lowest BCUT2D eigenvalue weighted by molar-refractivity contribution is 0.0963. The van der Waals surface area contributed by atoms with Crippen LogP contribution in [-0.2, 0) is 11.3 Å². The molecule has 1 atom stereocenters. The van der Waals surface area contributed by atoms with E-state index in [-0.39, 0.29) is 13.2 Å². The summed E-state index contributed by atoms with van der Waals surface area (Å²) in [5.74, 6) is 1.23. The highest BCUT2D eigenvalue weighted by atomic mass is 19.1. The third-order valence-electron chi connectivity index (χ3n) is 4.72. The van der Waals surface area contributed by atoms with Crippen molar-refractivity contribution in [2.75, 3.05) is 36.0 Å². The molecule has 4 rings (SSSR count). The summed E-state index contributed by atoms with van der Waals surface area (Å²) in [6, 6.07) is 8.39. The summed E-state index contributed by atoms with van der Waals surface area (Å²) in [5.41, 5.74) is 0.776. The van der Waals surface area contributed by atoms with Crippen molar-refractivity contribution in [3.8, 4) is 0 Å². The maximum absolute atomic E-state index is 14.7. The third-order valence-corrected chi connectivity index (χ3v) is 4.72. The zero-order valence-corrected chi connectivity index (χ0v) is 17.4. The predicted molar refractivity (Wildman–Crippen MR) is 112 cm³/mol. The quantitative estimate of drug-likeness (QED) is 0.802. The van der Waals surface area contributed by atoms with Crippen LogP contribution in [0.1, 0.15) is 25.4 Å². The molecular formula is C21H27FN4O4. The van der Waals surface area contributed by atoms with Crippen molar-refractivity contribution >= 4 is 23.8 Å². The Morgan fingerprint density at radius 1 is 1.23 bits per heavy atom. The van der Waals surface area contributed by atoms with Crippen LogP contribution in [0.4, 0.5) is 20.6 Å². The molecule has 1 saturated heterocycles. The van der Waals surface area contributed by atoms with Crippen molar-refractivity contribution in [3.63, 3.8) is 0 Å². The van der Waals surface area contributed by atoms with E-state index >= 15 is 0 Å². The fraction of sp³-hybridized carbons (Fsp3) is 0.429. The molecule has 30 heavy (non-hydrogen) atoms. The Balaban J connectivity index is 0.00000124. The highest BCUT2D eigenvalue weighted by Crippen LogP contribution is 2.28. The Morgan fingerprint density at radius 3 is 2.60 bits per heavy atom. The Bertz CT molecular complexity index is 901. The van der Waals surface area contributed by atoms with Gasteiger partial charge in [-0.3, -0.25) is 9.91 Å². The van der Waals surface area contributed by atoms with E-state index in [2.05, 4.69) is 5.10 Å². The Morgan fingerprint density at radius 2 is 2.03 bits per heavy atom. The smallest absolute Gasteiger partial charge is 0.414 e. The number of aliphatic hydroxyl groups is 1. The number of cyclic esters (lactones) is 1. The number of furan rings is 1. The topological polar surface area (TPSA) is 81.8 Å². The van der Waals surface area contributed by atoms with Crippen LogP contribution >= 0.6 is 0 Å². The number of hydrogen-bond donors (Lipinski definition) is 1. The van der Waals surface area contributed by atoms with Gasteiger partial charge in [-0.15, -0.1) is 0 Å². The van der Waals surface area contributed by atoms with Crippen LogP contribution in [0.5, 0.6) is 0 Å². The number of benzene rings is 1. The minimum atomic E-state index is -0.589. The minimum absolute atomic E-state index is 0.195. The van der Waals surface area contributed by atoms with Crippen LogP contribution in [-0.4, -0.2) is 54.9 Å². The molecule has 0 aliphatic carbocycles. The van der Waals surface area contributed by atoms with Crippen LogP contribution in [0.2, 0.25) is 0 Å². The molecule has 0 radical (unpaired) electrons. The number of anilines is 2. The number of nitrogens with zero attached hydrogens (tertiary/aromatic N) is 4. The fourth-order valence-electron chi connectivity index (χ4n) is 3.25. The van der Waals surface area contributed by atoms with E-state index in [1.807, 2.05) is 37.9 Å². The largest absolute Gasteiger partial charge is 0.464 e. The fourth-order valence-corrected chi connectivity index (χ4v) is 3.25. The predicted octanol–water partition coefficient (Wildman–Crippen LogP) is 3.34. The summed E-state index contributed by atoms with van der Waals surface area (Å²) in [6.45, 7) is 7.57. The van der Waals surface area contributed by atoms with Crippen LogP contribution in [0.3, 0.4) is 0 Å². The van der Waals surface area contributed by atoms with Crippen molar-refractivity contribution < 1.29 is 23.4 Å². The molecule has 8 nitrogen and oxygen atoms in total. The molecule has 0 bridgehead atoms. The number of halogens is 1. The van der Waals surface area contributed by atoms with E-state index in [1.165, 1.54) is 11.0 Å². The molecule has 1 fully saturated rings. The zero-order valence-electron chi connectivity index (χ0n) is 17.4. The molecule has 1 amide bonds. The number of hydrogen-bond acceptors (Lipinski definition) is 7. The number of hydrazone groups is 1. The average Bonchev–Trinajstić information content (AvgIpc) is 3.35. The molecule has 162 valence electrons. The number of ether oxygens (including phenoxy) is 1. The summed E-state index contributed by atoms with van der Waals surface area (Å²) < 4.78 is 25.2. The van der Waals surface area contributed by atoms with Gasteiger partial charge < -0.3 is 19.2 Å². The molecule has 0 saturated carbocycles. The maximum Gasteiger partial charge on any atom is 0.414 e. The van der Waals surface area contributed by atoms with Gasteiger partial charge in [0.15, 0.2) is 0 Å². The Labute approximate surface area is 175 Å². The normalized spacial score (nSPS) is 18.4. The molecule has 2 aliphatic heterocycles. The van der Waals surface area contributed by atoms with E-state index in [1.54, 1.807) is 23.4 Å². The van der Waals surface area contributed by atoms with Crippen molar-refractivity contribution in [1.82, 2.24) is 5.01 Å². The summed E-state index contributed by atoms with van der Waals surface area (Å²) in [6.07, 6.45) is 0.409. The highest BCUT2D eigenvalue weighted by molar-refractivity contribution is 5.90. The standard InChI is InChI=1S/C19H21FN4O4.C2H6/c1-13-2-4-15(27-13)9-23-7-6-22(12-21-23)18-5-3-14(8-17(18)20)24-10-16(11-25)28-19(24)26;1-2/h2-5,8,12,16,25H,6-7,9-11H2,1H3;1-2H3. The molecule has 2 aliphatic rings. The number of aliphatic hydroxyl groups excluding tert-OH is 1. The number of amides is 1. The van der Waals surface area contributed by atoms with E-state index in [9.17, 15) is 9.18 Å². The summed E-state index contributed by atoms with van der Waals surface area (Å²) in [4.78, 5) is 14.9. The average molecular weight is 418 g/mol. The second-order valence-corrected chi connectivity index (χ2v) is 6.76. The molecule has 9 heteroatoms. The summed E-state index contributed by atoms with van der Waals surface area (Å²) in [7, 11) is 0. The van der Waals surface area contributed by atoms with E-state index < -0.39 is 18.0 Å². The maximum atomic E-state index is 14.7. The van der Waals surface area contributed by atoms with E-state index in [4.69, 9.17) is 14.3 Å². The van der Waals surface area contributed by atoms with Gasteiger partial charge in [0.1, 0.15) is 29.8 Å². The lowest BCUT2D eigenvalue weighted by Crippen LogP contribution is -2.38. The number of rotatable bonds is 5. The Kier molecular flexibility index (Phi) is 6.94. The lowest BCUT2D eigenvalue weighted by atomic mass is 10.2. The van der Waals surface area contributed by atoms with Gasteiger partial charge in [-0.25, -0.2) is 9.18 Å². The van der Waals surface area contributed by atoms with Gasteiger partial charge in [0.2, 0.25) is 0 Å². The van der Waals surface area contributed by atoms with Gasteiger partial charge in [-0.1, -0.05) is 13.8 Å². The van der Waals surface area contributed by atoms with Gasteiger partial charge in [0.05, 0.1) is 37.6 Å². The molecule has 2 aromatic rings. The highest BCUT2D eigenvalue weighted by Gasteiger charge is 2.32. The minimum Gasteiger partial charge on any atom is -0.464 e. The van der Waals surface area contributed by atoms with E-state index in [0.29, 0.717) is 31.0 Å². The summed E-state index contributed by atoms with van der Waals surface area (Å²) >= 11 is 0. The second kappa shape index (κ2) is 9.62. The van der Waals surface area contributed by atoms with Crippen molar-refractivity contribution in [2.45, 2.75) is 33.4 Å². The Hall–Kier alpha value is -3.07. The molecule has 1 unspecified atom stereocenters. The van der Waals surface area contributed by atoms with Gasteiger partial charge in [-0.05, 0) is 37.3 Å². The molecule has 0 spiro atoms. The first-order valence-electron chi connectivity index (χ1n) is 10.0. The van der Waals surface area contributed by atoms with Gasteiger partial charge in [0, 0.05) is 6.54 Å². The van der Waals surface area contributed by atoms with Crippen molar-refractivity contribution in [3.05, 3.63) is 47.7 Å². The van der Waals surface area contributed by atoms with Crippen molar-refractivity contribution in [2.24, 2.45) is 5.10 Å². The molecule has 1 aromatic carbocycles. The first kappa shape index (κ1) is 21.6. The first-order chi connectivity index (χ1) is 14.5. The molecular weight excluding hydrogens is 391 g/mol. The third kappa shape index (κ3) is 4.73. The SMILES string of the molecule is CC.Cc1ccc(CN2CCN(c3ccc(N4CC(CO)OC4=O)cc3F)C=N2)o1. The first-order valence-corrected chi connectivity index (χ1v) is 10.0. The zero-order chi connectivity index (χ0) is 21.7. The second-order valence-electron chi connectivity index (χ2n) is 6.76. The summed E-state index contributed by atoms with van der Waals surface area (Å²) in [5, 5.41) is 15.3. The van der Waals surface area contributed by atoms with Gasteiger partial charge in [0.25, 0.3) is 0 Å².